The van der Waals surface area contributed by atoms with Crippen LogP contribution in [0.1, 0.15) is 25.8 Å². The van der Waals surface area contributed by atoms with E-state index in [1.807, 2.05) is 13.8 Å². The highest BCUT2D eigenvalue weighted by Crippen LogP contribution is 2.22. The number of hydrogen-bond donors (Lipinski definition) is 1. The molecule has 1 aromatic rings. The zero-order valence-electron chi connectivity index (χ0n) is 12.0. The van der Waals surface area contributed by atoms with Crippen molar-refractivity contribution in [1.82, 2.24) is 10.2 Å². The molecule has 0 aromatic heterocycles. The average molecular weight is 296 g/mol. The molecule has 0 saturated carbocycles. The second kappa shape index (κ2) is 6.20. The van der Waals surface area contributed by atoms with E-state index in [1.165, 1.54) is 11.0 Å². The summed E-state index contributed by atoms with van der Waals surface area (Å²) in [4.78, 5) is 25.4. The molecule has 1 fully saturated rings. The van der Waals surface area contributed by atoms with Crippen molar-refractivity contribution in [2.75, 3.05) is 6.54 Å². The van der Waals surface area contributed by atoms with Gasteiger partial charge in [-0.25, -0.2) is 8.78 Å². The summed E-state index contributed by atoms with van der Waals surface area (Å²) in [5.41, 5.74) is -0.186. The summed E-state index contributed by atoms with van der Waals surface area (Å²) >= 11 is 0. The van der Waals surface area contributed by atoms with Gasteiger partial charge < -0.3 is 10.2 Å². The molecule has 0 bridgehead atoms. The lowest BCUT2D eigenvalue weighted by Gasteiger charge is -2.38. The quantitative estimate of drug-likeness (QED) is 0.921. The maximum Gasteiger partial charge on any atom is 0.243 e. The van der Waals surface area contributed by atoms with Gasteiger partial charge in [-0.2, -0.15) is 0 Å². The van der Waals surface area contributed by atoms with Gasteiger partial charge >= 0.3 is 0 Å². The summed E-state index contributed by atoms with van der Waals surface area (Å²) in [6.45, 7) is 3.37. The Morgan fingerprint density at radius 2 is 1.95 bits per heavy atom. The van der Waals surface area contributed by atoms with Gasteiger partial charge in [0.1, 0.15) is 17.7 Å². The molecule has 1 aromatic carbocycles. The third kappa shape index (κ3) is 3.04. The van der Waals surface area contributed by atoms with Gasteiger partial charge in [-0.3, -0.25) is 9.59 Å². The molecule has 21 heavy (non-hydrogen) atoms. The van der Waals surface area contributed by atoms with Crippen molar-refractivity contribution in [3.05, 3.63) is 35.4 Å². The number of nitrogens with zero attached hydrogens (tertiary/aromatic N) is 1. The van der Waals surface area contributed by atoms with Gasteiger partial charge in [0.05, 0.1) is 13.1 Å². The van der Waals surface area contributed by atoms with Crippen molar-refractivity contribution >= 4 is 11.8 Å². The molecule has 1 N–H and O–H groups in total. The molecular formula is C15H18F2N2O2. The van der Waals surface area contributed by atoms with Crippen LogP contribution in [0.15, 0.2) is 18.2 Å². The Labute approximate surface area is 122 Å². The highest BCUT2D eigenvalue weighted by atomic mass is 19.1. The third-order valence-corrected chi connectivity index (χ3v) is 3.91. The maximum atomic E-state index is 13.8. The van der Waals surface area contributed by atoms with E-state index in [0.29, 0.717) is 6.42 Å². The van der Waals surface area contributed by atoms with Gasteiger partial charge in [-0.1, -0.05) is 26.3 Å². The van der Waals surface area contributed by atoms with Crippen LogP contribution in [0.25, 0.3) is 0 Å². The molecule has 2 atom stereocenters. The lowest BCUT2D eigenvalue weighted by Crippen LogP contribution is -2.60. The van der Waals surface area contributed by atoms with Crippen LogP contribution in [-0.2, 0) is 16.1 Å². The molecule has 2 amide bonds. The fourth-order valence-electron chi connectivity index (χ4n) is 2.49. The predicted molar refractivity (Wildman–Crippen MR) is 73.2 cm³/mol. The number of halogens is 2. The van der Waals surface area contributed by atoms with Crippen molar-refractivity contribution in [3.63, 3.8) is 0 Å². The van der Waals surface area contributed by atoms with E-state index in [9.17, 15) is 18.4 Å². The summed E-state index contributed by atoms with van der Waals surface area (Å²) in [6.07, 6.45) is 0.682. The highest BCUT2D eigenvalue weighted by Gasteiger charge is 2.38. The second-order valence-electron chi connectivity index (χ2n) is 5.27. The first-order valence-electron chi connectivity index (χ1n) is 6.95. The standard InChI is InChI=1S/C15H18F2N2O2/c1-3-9(2)14-15(21)18-7-13(20)19(14)8-10-11(16)5-4-6-12(10)17/h4-6,9,14H,3,7-8H2,1-2H3,(H,18,21). The number of carbonyl (C=O) groups is 2. The smallest absolute Gasteiger partial charge is 0.243 e. The summed E-state index contributed by atoms with van der Waals surface area (Å²) in [5.74, 6) is -2.12. The van der Waals surface area contributed by atoms with Crippen LogP contribution in [0.5, 0.6) is 0 Å². The highest BCUT2D eigenvalue weighted by molar-refractivity contribution is 5.95. The van der Waals surface area contributed by atoms with E-state index in [4.69, 9.17) is 0 Å². The Balaban J connectivity index is 2.33. The summed E-state index contributed by atoms with van der Waals surface area (Å²) in [5, 5.41) is 2.52. The van der Waals surface area contributed by atoms with Crippen molar-refractivity contribution in [2.24, 2.45) is 5.92 Å². The number of piperazine rings is 1. The molecule has 0 radical (unpaired) electrons. The molecule has 1 aliphatic heterocycles. The van der Waals surface area contributed by atoms with Crippen LogP contribution >= 0.6 is 0 Å². The molecule has 114 valence electrons. The number of nitrogens with one attached hydrogen (secondary N) is 1. The van der Waals surface area contributed by atoms with Crippen molar-refractivity contribution in [1.29, 1.82) is 0 Å². The largest absolute Gasteiger partial charge is 0.345 e. The first kappa shape index (κ1) is 15.4. The summed E-state index contributed by atoms with van der Waals surface area (Å²) in [6, 6.07) is 2.86. The van der Waals surface area contributed by atoms with Crippen molar-refractivity contribution in [3.8, 4) is 0 Å². The van der Waals surface area contributed by atoms with E-state index in [1.54, 1.807) is 0 Å². The molecule has 1 saturated heterocycles. The molecule has 2 unspecified atom stereocenters. The molecular weight excluding hydrogens is 278 g/mol. The van der Waals surface area contributed by atoms with Crippen LogP contribution in [0, 0.1) is 17.6 Å². The lowest BCUT2D eigenvalue weighted by atomic mass is 9.94. The molecule has 6 heteroatoms. The average Bonchev–Trinajstić information content (AvgIpc) is 2.45. The number of amides is 2. The minimum atomic E-state index is -0.711. The van der Waals surface area contributed by atoms with Gasteiger partial charge in [0.15, 0.2) is 0 Å². The SMILES string of the molecule is CCC(C)C1C(=O)NCC(=O)N1Cc1c(F)cccc1F. The molecule has 4 nitrogen and oxygen atoms in total. The first-order chi connectivity index (χ1) is 9.95. The third-order valence-electron chi connectivity index (χ3n) is 3.91. The van der Waals surface area contributed by atoms with Gasteiger partial charge in [0.25, 0.3) is 0 Å². The zero-order valence-corrected chi connectivity index (χ0v) is 12.0. The van der Waals surface area contributed by atoms with E-state index in [0.717, 1.165) is 12.1 Å². The molecule has 0 aliphatic carbocycles. The van der Waals surface area contributed by atoms with E-state index in [-0.39, 0.29) is 36.4 Å². The molecule has 0 spiro atoms. The van der Waals surface area contributed by atoms with Crippen molar-refractivity contribution < 1.29 is 18.4 Å². The van der Waals surface area contributed by atoms with Crippen LogP contribution in [-0.4, -0.2) is 29.3 Å². The molecule has 1 heterocycles. The van der Waals surface area contributed by atoms with Gasteiger partial charge in [0.2, 0.25) is 11.8 Å². The van der Waals surface area contributed by atoms with Crippen LogP contribution < -0.4 is 5.32 Å². The van der Waals surface area contributed by atoms with E-state index < -0.39 is 17.7 Å². The lowest BCUT2D eigenvalue weighted by molar-refractivity contribution is -0.148. The monoisotopic (exact) mass is 296 g/mol. The van der Waals surface area contributed by atoms with Gasteiger partial charge in [-0.05, 0) is 18.1 Å². The number of benzene rings is 1. The zero-order chi connectivity index (χ0) is 15.6. The van der Waals surface area contributed by atoms with E-state index in [2.05, 4.69) is 5.32 Å². The Hall–Kier alpha value is -1.98. The first-order valence-corrected chi connectivity index (χ1v) is 6.95. The summed E-state index contributed by atoms with van der Waals surface area (Å²) in [7, 11) is 0. The van der Waals surface area contributed by atoms with Crippen LogP contribution in [0.2, 0.25) is 0 Å². The normalized spacial score (nSPS) is 20.4. The van der Waals surface area contributed by atoms with Gasteiger partial charge in [0, 0.05) is 5.56 Å². The fourth-order valence-corrected chi connectivity index (χ4v) is 2.49. The second-order valence-corrected chi connectivity index (χ2v) is 5.27. The Bertz CT molecular complexity index is 542. The Morgan fingerprint density at radius 1 is 1.33 bits per heavy atom. The van der Waals surface area contributed by atoms with Gasteiger partial charge in [-0.15, -0.1) is 0 Å². The Kier molecular flexibility index (Phi) is 4.55. The van der Waals surface area contributed by atoms with E-state index >= 15 is 0 Å². The topological polar surface area (TPSA) is 49.4 Å². The minimum Gasteiger partial charge on any atom is -0.345 e. The number of hydrogen-bond acceptors (Lipinski definition) is 2. The maximum absolute atomic E-state index is 13.8. The van der Waals surface area contributed by atoms with Crippen LogP contribution in [0.3, 0.4) is 0 Å². The molecule has 2 rings (SSSR count). The summed E-state index contributed by atoms with van der Waals surface area (Å²) < 4.78 is 27.5. The van der Waals surface area contributed by atoms with Crippen LogP contribution in [0.4, 0.5) is 8.78 Å². The number of carbonyl (C=O) groups excluding carboxylic acids is 2. The number of rotatable bonds is 4. The minimum absolute atomic E-state index is 0.0934. The fraction of sp³-hybridized carbons (Fsp3) is 0.467. The predicted octanol–water partition coefficient (Wildman–Crippen LogP) is 1.84. The Morgan fingerprint density at radius 3 is 2.52 bits per heavy atom. The molecule has 1 aliphatic rings. The van der Waals surface area contributed by atoms with Crippen molar-refractivity contribution in [2.45, 2.75) is 32.9 Å².